The first kappa shape index (κ1) is 17.4. The molecule has 2 aromatic rings. The molecule has 0 atom stereocenters. The molecule has 1 saturated heterocycles. The van der Waals surface area contributed by atoms with Gasteiger partial charge >= 0.3 is 0 Å². The molecule has 3 heterocycles. The number of pyridine rings is 1. The fraction of sp³-hybridized carbons (Fsp3) is 0.471. The molecule has 0 aromatic carbocycles. The number of hydrogen-bond acceptors (Lipinski definition) is 8. The second-order valence-corrected chi connectivity index (χ2v) is 6.01. The van der Waals surface area contributed by atoms with E-state index in [4.69, 9.17) is 10.5 Å². The van der Waals surface area contributed by atoms with Gasteiger partial charge in [-0.3, -0.25) is 4.90 Å². The van der Waals surface area contributed by atoms with Crippen molar-refractivity contribution in [2.75, 3.05) is 55.8 Å². The summed E-state index contributed by atoms with van der Waals surface area (Å²) < 4.78 is 5.36. The van der Waals surface area contributed by atoms with E-state index in [2.05, 4.69) is 30.5 Å². The number of hydrogen-bond donors (Lipinski definition) is 3. The van der Waals surface area contributed by atoms with Crippen LogP contribution in [0.4, 0.5) is 23.1 Å². The first-order valence-corrected chi connectivity index (χ1v) is 8.57. The number of nitrogens with two attached hydrogens (primary N) is 1. The maximum atomic E-state index is 6.20. The van der Waals surface area contributed by atoms with Crippen molar-refractivity contribution in [3.63, 3.8) is 0 Å². The molecule has 3 rings (SSSR count). The van der Waals surface area contributed by atoms with E-state index in [9.17, 15) is 0 Å². The summed E-state index contributed by atoms with van der Waals surface area (Å²) in [5, 5.41) is 6.47. The van der Waals surface area contributed by atoms with Gasteiger partial charge in [-0.25, -0.2) is 15.0 Å². The molecule has 0 radical (unpaired) electrons. The fourth-order valence-electron chi connectivity index (χ4n) is 2.70. The van der Waals surface area contributed by atoms with E-state index in [1.807, 2.05) is 19.1 Å². The van der Waals surface area contributed by atoms with Gasteiger partial charge in [0.2, 0.25) is 0 Å². The minimum Gasteiger partial charge on any atom is -0.393 e. The zero-order chi connectivity index (χ0) is 17.5. The molecule has 4 N–H and O–H groups in total. The minimum absolute atomic E-state index is 0.499. The molecule has 0 bridgehead atoms. The molecule has 0 unspecified atom stereocenters. The largest absolute Gasteiger partial charge is 0.393 e. The molecule has 1 aliphatic heterocycles. The van der Waals surface area contributed by atoms with Crippen molar-refractivity contribution in [3.05, 3.63) is 30.2 Å². The van der Waals surface area contributed by atoms with Gasteiger partial charge in [-0.15, -0.1) is 0 Å². The lowest BCUT2D eigenvalue weighted by atomic mass is 10.3. The summed E-state index contributed by atoms with van der Waals surface area (Å²) in [6.07, 6.45) is 4.25. The lowest BCUT2D eigenvalue weighted by Gasteiger charge is -2.26. The number of morpholine rings is 1. The molecule has 2 aromatic heterocycles. The number of ether oxygens (including phenoxy) is 1. The van der Waals surface area contributed by atoms with Crippen molar-refractivity contribution in [3.8, 4) is 0 Å². The van der Waals surface area contributed by atoms with E-state index in [-0.39, 0.29) is 0 Å². The van der Waals surface area contributed by atoms with Gasteiger partial charge in [0.05, 0.1) is 13.2 Å². The van der Waals surface area contributed by atoms with Crippen LogP contribution in [0.25, 0.3) is 0 Å². The average molecular weight is 343 g/mol. The van der Waals surface area contributed by atoms with Crippen molar-refractivity contribution >= 4 is 23.1 Å². The van der Waals surface area contributed by atoms with Crippen molar-refractivity contribution in [2.24, 2.45) is 0 Å². The van der Waals surface area contributed by atoms with Crippen LogP contribution in [0.5, 0.6) is 0 Å². The van der Waals surface area contributed by atoms with Crippen LogP contribution in [0.2, 0.25) is 0 Å². The summed E-state index contributed by atoms with van der Waals surface area (Å²) in [6, 6.07) is 3.88. The molecule has 0 spiro atoms. The summed E-state index contributed by atoms with van der Waals surface area (Å²) in [5.74, 6) is 1.95. The Morgan fingerprint density at radius 3 is 2.76 bits per heavy atom. The fourth-order valence-corrected chi connectivity index (χ4v) is 2.70. The Hall–Kier alpha value is -2.45. The van der Waals surface area contributed by atoms with Crippen molar-refractivity contribution in [1.82, 2.24) is 19.9 Å². The summed E-state index contributed by atoms with van der Waals surface area (Å²) in [4.78, 5) is 15.2. The Labute approximate surface area is 147 Å². The Morgan fingerprint density at radius 1 is 1.16 bits per heavy atom. The predicted molar refractivity (Wildman–Crippen MR) is 99.1 cm³/mol. The molecule has 8 nitrogen and oxygen atoms in total. The SMILES string of the molecule is Cc1cccnc1Nc1ncnc(NCCCN2CCOCC2)c1N. The van der Waals surface area contributed by atoms with Crippen molar-refractivity contribution in [2.45, 2.75) is 13.3 Å². The van der Waals surface area contributed by atoms with E-state index in [1.54, 1.807) is 6.20 Å². The highest BCUT2D eigenvalue weighted by Crippen LogP contribution is 2.25. The van der Waals surface area contributed by atoms with Crippen molar-refractivity contribution < 1.29 is 4.74 Å². The van der Waals surface area contributed by atoms with Crippen molar-refractivity contribution in [1.29, 1.82) is 0 Å². The van der Waals surface area contributed by atoms with Gasteiger partial charge in [0.15, 0.2) is 11.6 Å². The van der Waals surface area contributed by atoms with Gasteiger partial charge in [-0.05, 0) is 31.5 Å². The number of aryl methyl sites for hydroxylation is 1. The molecule has 0 aliphatic carbocycles. The van der Waals surface area contributed by atoms with E-state index >= 15 is 0 Å². The molecule has 1 aliphatic rings. The second kappa shape index (κ2) is 8.59. The number of rotatable bonds is 7. The average Bonchev–Trinajstić information content (AvgIpc) is 2.64. The van der Waals surface area contributed by atoms with Gasteiger partial charge in [-0.1, -0.05) is 6.07 Å². The maximum Gasteiger partial charge on any atom is 0.160 e. The third-order valence-corrected chi connectivity index (χ3v) is 4.18. The quantitative estimate of drug-likeness (QED) is 0.652. The summed E-state index contributed by atoms with van der Waals surface area (Å²) in [6.45, 7) is 7.50. The standard InChI is InChI=1S/C17H25N7O/c1-13-4-2-5-19-15(13)23-17-14(18)16(21-12-22-17)20-6-3-7-24-8-10-25-11-9-24/h2,4-5,12H,3,6-11,18H2,1H3,(H2,19,20,21,22,23). The summed E-state index contributed by atoms with van der Waals surface area (Å²) in [7, 11) is 0. The molecule has 1 fully saturated rings. The molecule has 0 saturated carbocycles. The van der Waals surface area contributed by atoms with Crippen LogP contribution in [-0.2, 0) is 4.74 Å². The highest BCUT2D eigenvalue weighted by atomic mass is 16.5. The number of anilines is 4. The number of aromatic nitrogens is 3. The minimum atomic E-state index is 0.499. The van der Waals surface area contributed by atoms with Gasteiger partial charge in [0, 0.05) is 25.8 Å². The lowest BCUT2D eigenvalue weighted by molar-refractivity contribution is 0.0378. The third kappa shape index (κ3) is 4.77. The van der Waals surface area contributed by atoms with Gasteiger partial charge in [0.25, 0.3) is 0 Å². The first-order chi connectivity index (χ1) is 12.2. The predicted octanol–water partition coefficient (Wildman–Crippen LogP) is 1.64. The maximum absolute atomic E-state index is 6.20. The zero-order valence-corrected chi connectivity index (χ0v) is 14.5. The van der Waals surface area contributed by atoms with E-state index in [1.165, 1.54) is 6.33 Å². The van der Waals surface area contributed by atoms with E-state index < -0.39 is 0 Å². The second-order valence-electron chi connectivity index (χ2n) is 6.01. The highest BCUT2D eigenvalue weighted by Gasteiger charge is 2.11. The Balaban J connectivity index is 1.54. The monoisotopic (exact) mass is 343 g/mol. The topological polar surface area (TPSA) is 101 Å². The van der Waals surface area contributed by atoms with Gasteiger partial charge in [-0.2, -0.15) is 0 Å². The van der Waals surface area contributed by atoms with E-state index in [0.717, 1.165) is 57.2 Å². The molecule has 25 heavy (non-hydrogen) atoms. The van der Waals surface area contributed by atoms with E-state index in [0.29, 0.717) is 17.3 Å². The molecular formula is C17H25N7O. The molecule has 0 amide bonds. The van der Waals surface area contributed by atoms with Crippen LogP contribution in [0.3, 0.4) is 0 Å². The van der Waals surface area contributed by atoms with Crippen LogP contribution in [-0.4, -0.2) is 59.2 Å². The van der Waals surface area contributed by atoms with Crippen LogP contribution >= 0.6 is 0 Å². The Bertz CT molecular complexity index is 688. The van der Waals surface area contributed by atoms with Crippen LogP contribution in [0.15, 0.2) is 24.7 Å². The summed E-state index contributed by atoms with van der Waals surface area (Å²) >= 11 is 0. The van der Waals surface area contributed by atoms with Crippen LogP contribution < -0.4 is 16.4 Å². The van der Waals surface area contributed by atoms with Gasteiger partial charge in [0.1, 0.15) is 17.8 Å². The van der Waals surface area contributed by atoms with Crippen LogP contribution in [0, 0.1) is 6.92 Å². The Morgan fingerprint density at radius 2 is 1.96 bits per heavy atom. The third-order valence-electron chi connectivity index (χ3n) is 4.18. The number of nitrogen functional groups attached to an aromatic ring is 1. The number of nitrogens with one attached hydrogen (secondary N) is 2. The highest BCUT2D eigenvalue weighted by molar-refractivity contribution is 5.77. The first-order valence-electron chi connectivity index (χ1n) is 8.57. The smallest absolute Gasteiger partial charge is 0.160 e. The lowest BCUT2D eigenvalue weighted by Crippen LogP contribution is -2.37. The molecule has 8 heteroatoms. The molecular weight excluding hydrogens is 318 g/mol. The zero-order valence-electron chi connectivity index (χ0n) is 14.5. The summed E-state index contributed by atoms with van der Waals surface area (Å²) in [5.41, 5.74) is 7.73. The van der Waals surface area contributed by atoms with Crippen LogP contribution in [0.1, 0.15) is 12.0 Å². The molecule has 134 valence electrons. The normalized spacial score (nSPS) is 15.1. The number of nitrogens with zero attached hydrogens (tertiary/aromatic N) is 4. The van der Waals surface area contributed by atoms with Gasteiger partial charge < -0.3 is 21.1 Å². The Kier molecular flexibility index (Phi) is 5.97.